The molecule has 7 heteroatoms. The average molecular weight is 285 g/mol. The Labute approximate surface area is 115 Å². The summed E-state index contributed by atoms with van der Waals surface area (Å²) in [5.74, 6) is -0.452. The van der Waals surface area contributed by atoms with Crippen LogP contribution in [0.5, 0.6) is 0 Å². The highest BCUT2D eigenvalue weighted by atomic mass is 35.5. The van der Waals surface area contributed by atoms with Gasteiger partial charge < -0.3 is 10.1 Å². The number of nitrogens with zero attached hydrogens (tertiary/aromatic N) is 3. The number of aromatic nitrogens is 3. The molecular formula is C12H14ClFN4O. The second-order valence-corrected chi connectivity index (χ2v) is 4.33. The summed E-state index contributed by atoms with van der Waals surface area (Å²) in [5.41, 5.74) is 1.46. The van der Waals surface area contributed by atoms with Gasteiger partial charge in [0.1, 0.15) is 5.82 Å². The van der Waals surface area contributed by atoms with E-state index in [0.717, 1.165) is 12.2 Å². The van der Waals surface area contributed by atoms with Crippen LogP contribution in [0.4, 0.5) is 4.39 Å². The van der Waals surface area contributed by atoms with E-state index in [-0.39, 0.29) is 5.02 Å². The van der Waals surface area contributed by atoms with Crippen molar-refractivity contribution in [2.24, 2.45) is 0 Å². The summed E-state index contributed by atoms with van der Waals surface area (Å²) in [6.45, 7) is 1.98. The highest BCUT2D eigenvalue weighted by Gasteiger charge is 2.05. The van der Waals surface area contributed by atoms with E-state index in [4.69, 9.17) is 16.3 Å². The molecule has 2 aromatic rings. The van der Waals surface area contributed by atoms with Gasteiger partial charge >= 0.3 is 0 Å². The first-order valence-electron chi connectivity index (χ1n) is 5.77. The van der Waals surface area contributed by atoms with Gasteiger partial charge in [-0.2, -0.15) is 0 Å². The second kappa shape index (κ2) is 6.60. The molecule has 102 valence electrons. The van der Waals surface area contributed by atoms with Crippen molar-refractivity contribution in [1.29, 1.82) is 0 Å². The minimum atomic E-state index is -0.452. The van der Waals surface area contributed by atoms with Crippen molar-refractivity contribution in [2.75, 3.05) is 20.3 Å². The molecule has 19 heavy (non-hydrogen) atoms. The molecule has 0 amide bonds. The number of ether oxygens (including phenoxy) is 1. The molecule has 2 rings (SSSR count). The summed E-state index contributed by atoms with van der Waals surface area (Å²) in [6, 6.07) is 4.40. The lowest BCUT2D eigenvalue weighted by Gasteiger charge is -2.01. The summed E-state index contributed by atoms with van der Waals surface area (Å²) < 4.78 is 19.5. The zero-order valence-corrected chi connectivity index (χ0v) is 11.2. The van der Waals surface area contributed by atoms with Gasteiger partial charge in [0, 0.05) is 20.2 Å². The molecule has 1 N–H and O–H groups in total. The first-order chi connectivity index (χ1) is 9.20. The van der Waals surface area contributed by atoms with Crippen molar-refractivity contribution in [1.82, 2.24) is 20.3 Å². The molecule has 0 aliphatic heterocycles. The third kappa shape index (κ3) is 3.73. The van der Waals surface area contributed by atoms with E-state index in [1.54, 1.807) is 24.1 Å². The van der Waals surface area contributed by atoms with Crippen molar-refractivity contribution in [2.45, 2.75) is 6.54 Å². The molecule has 1 aromatic heterocycles. The first kappa shape index (κ1) is 13.9. The number of nitrogens with one attached hydrogen (secondary N) is 1. The molecule has 5 nitrogen and oxygen atoms in total. The van der Waals surface area contributed by atoms with E-state index < -0.39 is 5.82 Å². The van der Waals surface area contributed by atoms with Crippen molar-refractivity contribution < 1.29 is 9.13 Å². The molecule has 0 bridgehead atoms. The molecule has 0 aliphatic rings. The third-order valence-electron chi connectivity index (χ3n) is 2.50. The summed E-state index contributed by atoms with van der Waals surface area (Å²) in [4.78, 5) is 0. The smallest absolute Gasteiger partial charge is 0.141 e. The van der Waals surface area contributed by atoms with Gasteiger partial charge in [-0.3, -0.25) is 0 Å². The van der Waals surface area contributed by atoms with E-state index in [1.165, 1.54) is 12.1 Å². The van der Waals surface area contributed by atoms with Gasteiger partial charge in [-0.1, -0.05) is 16.8 Å². The fraction of sp³-hybridized carbons (Fsp3) is 0.333. The molecule has 0 radical (unpaired) electrons. The van der Waals surface area contributed by atoms with Crippen LogP contribution in [0.3, 0.4) is 0 Å². The van der Waals surface area contributed by atoms with Gasteiger partial charge in [0.2, 0.25) is 0 Å². The fourth-order valence-electron chi connectivity index (χ4n) is 1.52. The summed E-state index contributed by atoms with van der Waals surface area (Å²) >= 11 is 5.73. The Morgan fingerprint density at radius 1 is 1.47 bits per heavy atom. The number of methoxy groups -OCH3 is 1. The van der Waals surface area contributed by atoms with Crippen LogP contribution in [0.15, 0.2) is 24.4 Å². The molecular weight excluding hydrogens is 271 g/mol. The monoisotopic (exact) mass is 284 g/mol. The number of hydrogen-bond acceptors (Lipinski definition) is 4. The van der Waals surface area contributed by atoms with E-state index in [0.29, 0.717) is 18.8 Å². The maximum Gasteiger partial charge on any atom is 0.141 e. The molecule has 0 aliphatic carbocycles. The van der Waals surface area contributed by atoms with Crippen LogP contribution < -0.4 is 5.32 Å². The van der Waals surface area contributed by atoms with E-state index in [1.807, 2.05) is 0 Å². The Hall–Kier alpha value is -1.50. The number of hydrogen-bond donors (Lipinski definition) is 1. The van der Waals surface area contributed by atoms with Crippen LogP contribution >= 0.6 is 11.6 Å². The molecule has 0 saturated heterocycles. The zero-order valence-electron chi connectivity index (χ0n) is 10.4. The van der Waals surface area contributed by atoms with Crippen molar-refractivity contribution >= 4 is 11.6 Å². The minimum absolute atomic E-state index is 0.0627. The van der Waals surface area contributed by atoms with Gasteiger partial charge in [0.25, 0.3) is 0 Å². The van der Waals surface area contributed by atoms with Crippen LogP contribution in [0.2, 0.25) is 5.02 Å². The summed E-state index contributed by atoms with van der Waals surface area (Å²) in [5, 5.41) is 11.2. The molecule has 1 aromatic carbocycles. The van der Waals surface area contributed by atoms with Crippen LogP contribution in [0, 0.1) is 5.82 Å². The lowest BCUT2D eigenvalue weighted by atomic mass is 10.3. The minimum Gasteiger partial charge on any atom is -0.383 e. The van der Waals surface area contributed by atoms with E-state index in [9.17, 15) is 4.39 Å². The highest BCUT2D eigenvalue weighted by molar-refractivity contribution is 6.30. The van der Waals surface area contributed by atoms with E-state index >= 15 is 0 Å². The molecule has 0 fully saturated rings. The Kier molecular flexibility index (Phi) is 4.84. The van der Waals surface area contributed by atoms with Gasteiger partial charge in [-0.25, -0.2) is 9.07 Å². The lowest BCUT2D eigenvalue weighted by Crippen LogP contribution is -2.18. The Morgan fingerprint density at radius 3 is 3.05 bits per heavy atom. The Balaban J connectivity index is 2.01. The largest absolute Gasteiger partial charge is 0.383 e. The van der Waals surface area contributed by atoms with Gasteiger partial charge in [-0.15, -0.1) is 5.10 Å². The van der Waals surface area contributed by atoms with Gasteiger partial charge in [-0.05, 0) is 18.2 Å². The fourth-order valence-corrected chi connectivity index (χ4v) is 1.70. The predicted octanol–water partition coefficient (Wildman–Crippen LogP) is 1.80. The van der Waals surface area contributed by atoms with Gasteiger partial charge in [0.15, 0.2) is 0 Å². The predicted molar refractivity (Wildman–Crippen MR) is 69.9 cm³/mol. The average Bonchev–Trinajstić information content (AvgIpc) is 2.87. The lowest BCUT2D eigenvalue weighted by molar-refractivity contribution is 0.199. The normalized spacial score (nSPS) is 10.9. The SMILES string of the molecule is COCCNCc1cn(-c2ccc(F)c(Cl)c2)nn1. The van der Waals surface area contributed by atoms with E-state index in [2.05, 4.69) is 15.6 Å². The molecule has 0 atom stereocenters. The van der Waals surface area contributed by atoms with Crippen molar-refractivity contribution in [3.63, 3.8) is 0 Å². The second-order valence-electron chi connectivity index (χ2n) is 3.92. The topological polar surface area (TPSA) is 52.0 Å². The molecule has 1 heterocycles. The number of halogens is 2. The summed E-state index contributed by atoms with van der Waals surface area (Å²) in [7, 11) is 1.65. The Morgan fingerprint density at radius 2 is 2.32 bits per heavy atom. The maximum absolute atomic E-state index is 13.1. The third-order valence-corrected chi connectivity index (χ3v) is 2.79. The zero-order chi connectivity index (χ0) is 13.7. The standard InChI is InChI=1S/C12H14ClFN4O/c1-19-5-4-15-7-9-8-18(17-16-9)10-2-3-12(14)11(13)6-10/h2-3,6,8,15H,4-5,7H2,1H3. The number of rotatable bonds is 6. The molecule has 0 spiro atoms. The van der Waals surface area contributed by atoms with Crippen molar-refractivity contribution in [3.05, 3.63) is 40.9 Å². The summed E-state index contributed by atoms with van der Waals surface area (Å²) in [6.07, 6.45) is 1.77. The van der Waals surface area contributed by atoms with Gasteiger partial charge in [0.05, 0.1) is 29.2 Å². The van der Waals surface area contributed by atoms with Crippen molar-refractivity contribution in [3.8, 4) is 5.69 Å². The quantitative estimate of drug-likeness (QED) is 0.822. The van der Waals surface area contributed by atoms with Crippen LogP contribution in [-0.2, 0) is 11.3 Å². The number of benzene rings is 1. The molecule has 0 unspecified atom stereocenters. The maximum atomic E-state index is 13.1. The van der Waals surface area contributed by atoms with Crippen LogP contribution in [0.1, 0.15) is 5.69 Å². The highest BCUT2D eigenvalue weighted by Crippen LogP contribution is 2.18. The van der Waals surface area contributed by atoms with Crippen LogP contribution in [0.25, 0.3) is 5.69 Å². The Bertz CT molecular complexity index is 546. The molecule has 0 saturated carbocycles. The van der Waals surface area contributed by atoms with Crippen LogP contribution in [-0.4, -0.2) is 35.3 Å². The first-order valence-corrected chi connectivity index (χ1v) is 6.15.